The number of aromatic amines is 3. The molecule has 3 aromatic heterocycles. The summed E-state index contributed by atoms with van der Waals surface area (Å²) in [5, 5.41) is 9.58. The van der Waals surface area contributed by atoms with Gasteiger partial charge in [-0.3, -0.25) is 0 Å². The van der Waals surface area contributed by atoms with Gasteiger partial charge in [0.2, 0.25) is 0 Å². The Morgan fingerprint density at radius 1 is 0.271 bits per heavy atom. The van der Waals surface area contributed by atoms with Gasteiger partial charge < -0.3 is 19.5 Å². The van der Waals surface area contributed by atoms with Crippen LogP contribution in [-0.2, 0) is 4.57 Å². The maximum absolute atomic E-state index is 16.1. The summed E-state index contributed by atoms with van der Waals surface area (Å²) in [5.41, 5.74) is 13.2. The molecule has 278 valence electrons. The van der Waals surface area contributed by atoms with Crippen molar-refractivity contribution >= 4 is 88.5 Å². The smallest absolute Gasteiger partial charge is 0.171 e. The molecule has 12 aromatic rings. The lowest BCUT2D eigenvalue weighted by molar-refractivity contribution is 0.592. The standard InChI is InChI=1S/C54H36N3OP/c58-59(37-28-22-34(23-29-37)40-13-7-16-46-43-10-1-4-19-49(43)55-52(40)46,38-30-24-35(25-31-38)41-14-8-17-47-44-11-2-5-20-50(44)56-53(41)47)39-32-26-36(27-33-39)42-15-9-18-48-45-12-3-6-21-51(45)57-54(42)48/h1-33,55-57H. The van der Waals surface area contributed by atoms with Gasteiger partial charge in [-0.25, -0.2) is 0 Å². The molecule has 0 aliphatic carbocycles. The van der Waals surface area contributed by atoms with Crippen molar-refractivity contribution in [1.29, 1.82) is 0 Å². The van der Waals surface area contributed by atoms with Crippen LogP contribution in [0.3, 0.4) is 0 Å². The van der Waals surface area contributed by atoms with Gasteiger partial charge in [0.15, 0.2) is 7.14 Å². The van der Waals surface area contributed by atoms with Gasteiger partial charge in [-0.2, -0.15) is 0 Å². The SMILES string of the molecule is O=P(c1ccc(-c2cccc3c2[nH]c2ccccc23)cc1)(c1ccc(-c2cccc3c2[nH]c2ccccc23)cc1)c1ccc(-c2cccc3c2[nH]c2ccccc23)cc1. The average molecular weight is 774 g/mol. The second-order valence-corrected chi connectivity index (χ2v) is 18.2. The number of nitrogens with one attached hydrogen (secondary N) is 3. The van der Waals surface area contributed by atoms with Crippen molar-refractivity contribution in [3.05, 3.63) is 200 Å². The number of para-hydroxylation sites is 6. The number of benzene rings is 9. The lowest BCUT2D eigenvalue weighted by Gasteiger charge is -2.21. The fourth-order valence-corrected chi connectivity index (χ4v) is 11.9. The molecule has 4 nitrogen and oxygen atoms in total. The summed E-state index contributed by atoms with van der Waals surface area (Å²) in [7, 11) is -3.35. The number of hydrogen-bond acceptors (Lipinski definition) is 1. The van der Waals surface area contributed by atoms with Gasteiger partial charge >= 0.3 is 0 Å². The molecule has 12 rings (SSSR count). The zero-order valence-corrected chi connectivity index (χ0v) is 32.8. The second-order valence-electron chi connectivity index (χ2n) is 15.4. The number of H-pyrrole nitrogens is 3. The van der Waals surface area contributed by atoms with E-state index >= 15 is 4.57 Å². The highest BCUT2D eigenvalue weighted by Crippen LogP contribution is 2.45. The number of fused-ring (bicyclic) bond motifs is 9. The minimum Gasteiger partial charge on any atom is -0.354 e. The van der Waals surface area contributed by atoms with Gasteiger partial charge in [0.05, 0.1) is 16.6 Å². The average Bonchev–Trinajstić information content (AvgIpc) is 4.01. The highest BCUT2D eigenvalue weighted by molar-refractivity contribution is 7.85. The molecular weight excluding hydrogens is 738 g/mol. The van der Waals surface area contributed by atoms with E-state index in [1.165, 1.54) is 32.3 Å². The van der Waals surface area contributed by atoms with Gasteiger partial charge in [-0.15, -0.1) is 0 Å². The summed E-state index contributed by atoms with van der Waals surface area (Å²) in [6.07, 6.45) is 0. The lowest BCUT2D eigenvalue weighted by atomic mass is 10.0. The van der Waals surface area contributed by atoms with E-state index in [0.29, 0.717) is 0 Å². The third-order valence-corrected chi connectivity index (χ3v) is 15.3. The minimum absolute atomic E-state index is 0.793. The molecule has 0 amide bonds. The van der Waals surface area contributed by atoms with E-state index in [1.807, 2.05) is 0 Å². The van der Waals surface area contributed by atoms with Crippen molar-refractivity contribution in [1.82, 2.24) is 15.0 Å². The Balaban J connectivity index is 0.981. The predicted molar refractivity (Wildman–Crippen MR) is 250 cm³/mol. The van der Waals surface area contributed by atoms with Crippen LogP contribution < -0.4 is 15.9 Å². The molecular formula is C54H36N3OP. The van der Waals surface area contributed by atoms with Crippen LogP contribution in [0.15, 0.2) is 200 Å². The zero-order valence-electron chi connectivity index (χ0n) is 31.9. The van der Waals surface area contributed by atoms with Gasteiger partial charge in [-0.1, -0.05) is 182 Å². The van der Waals surface area contributed by atoms with E-state index in [-0.39, 0.29) is 0 Å². The largest absolute Gasteiger partial charge is 0.354 e. The molecule has 0 saturated heterocycles. The summed E-state index contributed by atoms with van der Waals surface area (Å²) >= 11 is 0. The van der Waals surface area contributed by atoms with E-state index in [4.69, 9.17) is 0 Å². The number of rotatable bonds is 6. The van der Waals surface area contributed by atoms with Crippen LogP contribution in [0.1, 0.15) is 0 Å². The first-order valence-corrected chi connectivity index (χ1v) is 21.7. The van der Waals surface area contributed by atoms with Crippen molar-refractivity contribution in [2.24, 2.45) is 0 Å². The normalized spacial score (nSPS) is 12.1. The summed E-state index contributed by atoms with van der Waals surface area (Å²) in [6.45, 7) is 0. The van der Waals surface area contributed by atoms with Crippen molar-refractivity contribution in [3.63, 3.8) is 0 Å². The van der Waals surface area contributed by atoms with E-state index < -0.39 is 7.14 Å². The molecule has 3 heterocycles. The number of hydrogen-bond donors (Lipinski definition) is 3. The van der Waals surface area contributed by atoms with E-state index in [2.05, 4.69) is 215 Å². The van der Waals surface area contributed by atoms with Crippen LogP contribution in [0.4, 0.5) is 0 Å². The lowest BCUT2D eigenvalue weighted by Crippen LogP contribution is -2.25. The maximum Gasteiger partial charge on any atom is 0.171 e. The Hall–Kier alpha value is -7.39. The van der Waals surface area contributed by atoms with Crippen molar-refractivity contribution in [2.45, 2.75) is 0 Å². The molecule has 0 saturated carbocycles. The summed E-state index contributed by atoms with van der Waals surface area (Å²) in [4.78, 5) is 11.0. The van der Waals surface area contributed by atoms with Crippen LogP contribution in [0.25, 0.3) is 98.8 Å². The molecule has 0 bridgehead atoms. The van der Waals surface area contributed by atoms with Gasteiger partial charge in [0, 0.05) is 81.5 Å². The first-order chi connectivity index (χ1) is 29.1. The molecule has 0 fully saturated rings. The third-order valence-electron chi connectivity index (χ3n) is 12.2. The van der Waals surface area contributed by atoms with Crippen molar-refractivity contribution in [2.75, 3.05) is 0 Å². The van der Waals surface area contributed by atoms with Crippen LogP contribution in [0.2, 0.25) is 0 Å². The monoisotopic (exact) mass is 773 g/mol. The summed E-state index contributed by atoms with van der Waals surface area (Å²) in [5.74, 6) is 0. The molecule has 0 aliphatic heterocycles. The fraction of sp³-hybridized carbons (Fsp3) is 0. The zero-order chi connectivity index (χ0) is 39.1. The fourth-order valence-electron chi connectivity index (χ4n) is 9.34. The van der Waals surface area contributed by atoms with E-state index in [1.54, 1.807) is 0 Å². The Morgan fingerprint density at radius 3 is 0.847 bits per heavy atom. The third kappa shape index (κ3) is 5.20. The Bertz CT molecular complexity index is 3240. The van der Waals surface area contributed by atoms with Crippen LogP contribution >= 0.6 is 7.14 Å². The second kappa shape index (κ2) is 13.1. The van der Waals surface area contributed by atoms with Crippen molar-refractivity contribution in [3.8, 4) is 33.4 Å². The van der Waals surface area contributed by atoms with E-state index in [9.17, 15) is 0 Å². The predicted octanol–water partition coefficient (Wildman–Crippen LogP) is 13.2. The molecule has 9 aromatic carbocycles. The van der Waals surface area contributed by atoms with Crippen LogP contribution in [0.5, 0.6) is 0 Å². The van der Waals surface area contributed by atoms with Gasteiger partial charge in [0.1, 0.15) is 0 Å². The minimum atomic E-state index is -3.35. The van der Waals surface area contributed by atoms with Gasteiger partial charge in [0.25, 0.3) is 0 Å². The van der Waals surface area contributed by atoms with E-state index in [0.717, 1.165) is 82.4 Å². The molecule has 59 heavy (non-hydrogen) atoms. The molecule has 0 aliphatic rings. The van der Waals surface area contributed by atoms with Crippen LogP contribution in [-0.4, -0.2) is 15.0 Å². The Morgan fingerprint density at radius 2 is 0.542 bits per heavy atom. The molecule has 5 heteroatoms. The summed E-state index contributed by atoms with van der Waals surface area (Å²) < 4.78 is 16.1. The van der Waals surface area contributed by atoms with Crippen molar-refractivity contribution < 1.29 is 4.57 Å². The topological polar surface area (TPSA) is 64.4 Å². The molecule has 0 atom stereocenters. The molecule has 0 spiro atoms. The molecule has 0 radical (unpaired) electrons. The summed E-state index contributed by atoms with van der Waals surface area (Å²) in [6, 6.07) is 69.8. The first kappa shape index (κ1) is 33.7. The van der Waals surface area contributed by atoms with Gasteiger partial charge in [-0.05, 0) is 34.9 Å². The molecule has 3 N–H and O–H groups in total. The maximum atomic E-state index is 16.1. The van der Waals surface area contributed by atoms with Crippen LogP contribution in [0, 0.1) is 0 Å². The highest BCUT2D eigenvalue weighted by Gasteiger charge is 2.30. The number of aromatic nitrogens is 3. The Kier molecular flexibility index (Phi) is 7.47. The highest BCUT2D eigenvalue weighted by atomic mass is 31.2. The first-order valence-electron chi connectivity index (χ1n) is 20.0. The quantitative estimate of drug-likeness (QED) is 0.145. The Labute approximate surface area is 340 Å². The molecule has 0 unspecified atom stereocenters.